The van der Waals surface area contributed by atoms with E-state index in [0.717, 1.165) is 22.4 Å². The van der Waals surface area contributed by atoms with Gasteiger partial charge in [0.15, 0.2) is 5.65 Å². The Bertz CT molecular complexity index is 1070. The zero-order valence-electron chi connectivity index (χ0n) is 14.3. The van der Waals surface area contributed by atoms with E-state index in [1.807, 2.05) is 53.9 Å². The lowest BCUT2D eigenvalue weighted by molar-refractivity contribution is -0.115. The summed E-state index contributed by atoms with van der Waals surface area (Å²) in [7, 11) is 0. The van der Waals surface area contributed by atoms with Gasteiger partial charge in [0.2, 0.25) is 5.91 Å². The second kappa shape index (κ2) is 6.76. The van der Waals surface area contributed by atoms with Gasteiger partial charge in [-0.15, -0.1) is 0 Å². The number of carbonyl (C=O) groups excluding carboxylic acids is 1. The van der Waals surface area contributed by atoms with Gasteiger partial charge in [-0.25, -0.2) is 4.98 Å². The van der Waals surface area contributed by atoms with Gasteiger partial charge in [0.05, 0.1) is 24.5 Å². The molecule has 1 amide bonds. The number of anilines is 1. The molecule has 0 aliphatic rings. The number of imidazole rings is 1. The van der Waals surface area contributed by atoms with Crippen LogP contribution < -0.4 is 5.32 Å². The van der Waals surface area contributed by atoms with E-state index in [4.69, 9.17) is 0 Å². The third-order valence-electron chi connectivity index (χ3n) is 4.25. The average molecular weight is 343 g/mol. The summed E-state index contributed by atoms with van der Waals surface area (Å²) in [5.74, 6) is 0.541. The predicted molar refractivity (Wildman–Crippen MR) is 99.7 cm³/mol. The van der Waals surface area contributed by atoms with E-state index in [1.165, 1.54) is 0 Å². The van der Waals surface area contributed by atoms with Crippen molar-refractivity contribution in [3.8, 4) is 11.3 Å². The van der Waals surface area contributed by atoms with Crippen LogP contribution in [0.15, 0.2) is 67.4 Å². The van der Waals surface area contributed by atoms with Crippen molar-refractivity contribution in [3.05, 3.63) is 78.5 Å². The van der Waals surface area contributed by atoms with Crippen molar-refractivity contribution in [1.29, 1.82) is 0 Å². The van der Waals surface area contributed by atoms with E-state index in [0.29, 0.717) is 17.9 Å². The maximum absolute atomic E-state index is 12.5. The number of fused-ring (bicyclic) bond motifs is 1. The summed E-state index contributed by atoms with van der Waals surface area (Å²) in [6.07, 6.45) is 8.96. The third-order valence-corrected chi connectivity index (χ3v) is 4.25. The van der Waals surface area contributed by atoms with E-state index >= 15 is 0 Å². The number of nitrogens with zero attached hydrogens (tertiary/aromatic N) is 4. The molecule has 0 radical (unpaired) electrons. The number of hydrogen-bond acceptors (Lipinski definition) is 4. The monoisotopic (exact) mass is 343 g/mol. The lowest BCUT2D eigenvalue weighted by Gasteiger charge is -2.08. The van der Waals surface area contributed by atoms with E-state index < -0.39 is 0 Å². The van der Waals surface area contributed by atoms with Crippen LogP contribution in [0.2, 0.25) is 0 Å². The molecule has 1 aromatic carbocycles. The number of nitrogens with one attached hydrogen (secondary N) is 1. The highest BCUT2D eigenvalue weighted by Gasteiger charge is 2.11. The Hall–Kier alpha value is -3.54. The summed E-state index contributed by atoms with van der Waals surface area (Å²) < 4.78 is 1.83. The summed E-state index contributed by atoms with van der Waals surface area (Å²) in [4.78, 5) is 25.2. The first-order valence-corrected chi connectivity index (χ1v) is 8.28. The number of hydrogen-bond donors (Lipinski definition) is 1. The molecule has 0 spiro atoms. The minimum atomic E-state index is -0.0802. The van der Waals surface area contributed by atoms with Gasteiger partial charge in [0.25, 0.3) is 0 Å². The molecule has 0 atom stereocenters. The van der Waals surface area contributed by atoms with Crippen LogP contribution in [0.1, 0.15) is 11.1 Å². The van der Waals surface area contributed by atoms with Crippen LogP contribution in [-0.2, 0) is 11.2 Å². The molecule has 0 bridgehead atoms. The minimum Gasteiger partial charge on any atom is -0.310 e. The summed E-state index contributed by atoms with van der Waals surface area (Å²) >= 11 is 0. The molecule has 6 heteroatoms. The van der Waals surface area contributed by atoms with Crippen molar-refractivity contribution in [1.82, 2.24) is 19.4 Å². The van der Waals surface area contributed by atoms with E-state index in [-0.39, 0.29) is 5.91 Å². The maximum atomic E-state index is 12.5. The fraction of sp³-hybridized carbons (Fsp3) is 0.100. The summed E-state index contributed by atoms with van der Waals surface area (Å²) in [5.41, 5.74) is 4.53. The molecule has 0 unspecified atom stereocenters. The van der Waals surface area contributed by atoms with Gasteiger partial charge in [-0.05, 0) is 30.2 Å². The van der Waals surface area contributed by atoms with Crippen LogP contribution in [-0.4, -0.2) is 25.3 Å². The van der Waals surface area contributed by atoms with Crippen molar-refractivity contribution in [2.24, 2.45) is 0 Å². The molecule has 0 aliphatic heterocycles. The number of aryl methyl sites for hydroxylation is 1. The summed E-state index contributed by atoms with van der Waals surface area (Å²) in [6.45, 7) is 2.00. The van der Waals surface area contributed by atoms with Crippen molar-refractivity contribution < 1.29 is 4.79 Å². The fourth-order valence-corrected chi connectivity index (χ4v) is 2.82. The largest absolute Gasteiger partial charge is 0.310 e. The van der Waals surface area contributed by atoms with Crippen LogP contribution in [0.3, 0.4) is 0 Å². The predicted octanol–water partition coefficient (Wildman–Crippen LogP) is 3.28. The number of benzene rings is 1. The number of aromatic nitrogens is 4. The molecule has 0 saturated carbocycles. The molecule has 0 aliphatic carbocycles. The number of carbonyl (C=O) groups is 1. The lowest BCUT2D eigenvalue weighted by atomic mass is 10.1. The molecule has 26 heavy (non-hydrogen) atoms. The van der Waals surface area contributed by atoms with Crippen molar-refractivity contribution in [2.45, 2.75) is 13.3 Å². The topological polar surface area (TPSA) is 72.2 Å². The van der Waals surface area contributed by atoms with E-state index in [9.17, 15) is 4.79 Å². The minimum absolute atomic E-state index is 0.0802. The molecule has 0 saturated heterocycles. The molecule has 3 heterocycles. The SMILES string of the molecule is Cc1ccccc1CC(=O)Nc1cnc2cnc(-c3ccncc3)cn12. The molecule has 0 fully saturated rings. The summed E-state index contributed by atoms with van der Waals surface area (Å²) in [5, 5.41) is 2.94. The van der Waals surface area contributed by atoms with Gasteiger partial charge in [0, 0.05) is 24.2 Å². The Morgan fingerprint density at radius 2 is 1.88 bits per heavy atom. The van der Waals surface area contributed by atoms with Crippen LogP contribution in [0.5, 0.6) is 0 Å². The second-order valence-corrected chi connectivity index (χ2v) is 6.03. The molecular formula is C20H17N5O. The first kappa shape index (κ1) is 16.0. The average Bonchev–Trinajstić information content (AvgIpc) is 3.06. The molecule has 1 N–H and O–H groups in total. The Labute approximate surface area is 150 Å². The van der Waals surface area contributed by atoms with Crippen LogP contribution in [0, 0.1) is 6.92 Å². The first-order chi connectivity index (χ1) is 12.7. The Morgan fingerprint density at radius 3 is 2.69 bits per heavy atom. The van der Waals surface area contributed by atoms with Crippen molar-refractivity contribution >= 4 is 17.4 Å². The Balaban J connectivity index is 1.60. The van der Waals surface area contributed by atoms with E-state index in [2.05, 4.69) is 20.3 Å². The maximum Gasteiger partial charge on any atom is 0.229 e. The standard InChI is InChI=1S/C20H17N5O/c1-14-4-2-3-5-16(14)10-20(26)24-19-12-23-18-11-22-17(13-25(18)19)15-6-8-21-9-7-15/h2-9,11-13H,10H2,1H3,(H,24,26). The molecule has 3 aromatic heterocycles. The number of amides is 1. The fourth-order valence-electron chi connectivity index (χ4n) is 2.82. The normalized spacial score (nSPS) is 10.8. The van der Waals surface area contributed by atoms with Crippen molar-refractivity contribution in [2.75, 3.05) is 5.32 Å². The molecule has 4 aromatic rings. The van der Waals surface area contributed by atoms with Gasteiger partial charge in [-0.2, -0.15) is 0 Å². The molecular weight excluding hydrogens is 326 g/mol. The van der Waals surface area contributed by atoms with Gasteiger partial charge < -0.3 is 5.32 Å². The van der Waals surface area contributed by atoms with Gasteiger partial charge >= 0.3 is 0 Å². The van der Waals surface area contributed by atoms with Gasteiger partial charge in [-0.3, -0.25) is 19.2 Å². The Kier molecular flexibility index (Phi) is 4.15. The quantitative estimate of drug-likeness (QED) is 0.617. The molecule has 128 valence electrons. The summed E-state index contributed by atoms with van der Waals surface area (Å²) in [6, 6.07) is 11.7. The highest BCUT2D eigenvalue weighted by molar-refractivity contribution is 5.92. The lowest BCUT2D eigenvalue weighted by Crippen LogP contribution is -2.16. The third kappa shape index (κ3) is 3.17. The molecule has 4 rings (SSSR count). The zero-order valence-corrected chi connectivity index (χ0v) is 14.3. The second-order valence-electron chi connectivity index (χ2n) is 6.03. The van der Waals surface area contributed by atoms with Crippen LogP contribution >= 0.6 is 0 Å². The number of rotatable bonds is 4. The van der Waals surface area contributed by atoms with Crippen LogP contribution in [0.4, 0.5) is 5.82 Å². The van der Waals surface area contributed by atoms with Gasteiger partial charge in [-0.1, -0.05) is 24.3 Å². The zero-order chi connectivity index (χ0) is 17.9. The molecule has 6 nitrogen and oxygen atoms in total. The first-order valence-electron chi connectivity index (χ1n) is 8.28. The Morgan fingerprint density at radius 1 is 1.08 bits per heavy atom. The highest BCUT2D eigenvalue weighted by atomic mass is 16.1. The van der Waals surface area contributed by atoms with Gasteiger partial charge in [0.1, 0.15) is 5.82 Å². The van der Waals surface area contributed by atoms with Crippen LogP contribution in [0.25, 0.3) is 16.9 Å². The van der Waals surface area contributed by atoms with Crippen molar-refractivity contribution in [3.63, 3.8) is 0 Å². The van der Waals surface area contributed by atoms with E-state index in [1.54, 1.807) is 24.8 Å². The number of pyridine rings is 1. The smallest absolute Gasteiger partial charge is 0.229 e. The highest BCUT2D eigenvalue weighted by Crippen LogP contribution is 2.19.